The number of methoxy groups -OCH3 is 1. The maximum Gasteiger partial charge on any atom is 0.279 e. The van der Waals surface area contributed by atoms with E-state index >= 15 is 0 Å². The highest BCUT2D eigenvalue weighted by Gasteiger charge is 2.34. The van der Waals surface area contributed by atoms with Crippen molar-refractivity contribution in [3.8, 4) is 5.75 Å². The van der Waals surface area contributed by atoms with Gasteiger partial charge in [-0.05, 0) is 37.1 Å². The van der Waals surface area contributed by atoms with Crippen LogP contribution in [-0.4, -0.2) is 37.1 Å². The summed E-state index contributed by atoms with van der Waals surface area (Å²) in [7, 11) is 1.66. The molecule has 0 atom stereocenters. The number of benzene rings is 2. The highest BCUT2D eigenvalue weighted by Crippen LogP contribution is 2.27. The molecule has 0 saturated carbocycles. The van der Waals surface area contributed by atoms with E-state index in [0.29, 0.717) is 6.54 Å². The molecule has 2 aromatic carbocycles. The molecule has 138 valence electrons. The van der Waals surface area contributed by atoms with E-state index in [0.717, 1.165) is 46.7 Å². The van der Waals surface area contributed by atoms with Crippen LogP contribution >= 0.6 is 0 Å². The molecule has 4 nitrogen and oxygen atoms in total. The molecular weight excluding hydrogens is 324 g/mol. The van der Waals surface area contributed by atoms with E-state index in [1.807, 2.05) is 32.0 Å². The minimum Gasteiger partial charge on any atom is -0.497 e. The molecule has 1 heterocycles. The van der Waals surface area contributed by atoms with Gasteiger partial charge in [0.25, 0.3) is 5.91 Å². The first-order valence-electron chi connectivity index (χ1n) is 9.35. The molecule has 1 amide bonds. The molecule has 1 fully saturated rings. The molecule has 0 spiro atoms. The zero-order valence-electron chi connectivity index (χ0n) is 16.0. The molecule has 0 unspecified atom stereocenters. The van der Waals surface area contributed by atoms with Crippen LogP contribution in [-0.2, 0) is 11.3 Å². The molecule has 1 aliphatic heterocycles. The number of amides is 1. The highest BCUT2D eigenvalue weighted by molar-refractivity contribution is 5.93. The second-order valence-corrected chi connectivity index (χ2v) is 7.48. The van der Waals surface area contributed by atoms with Gasteiger partial charge in [-0.25, -0.2) is 0 Å². The number of ether oxygens (including phenoxy) is 1. The minimum absolute atomic E-state index is 0.0965. The normalized spacial score (nSPS) is 15.7. The van der Waals surface area contributed by atoms with E-state index in [1.165, 1.54) is 18.4 Å². The average molecular weight is 353 g/mol. The van der Waals surface area contributed by atoms with Gasteiger partial charge in [0.1, 0.15) is 12.3 Å². The Balaban J connectivity index is 1.73. The van der Waals surface area contributed by atoms with Crippen LogP contribution < -0.4 is 10.1 Å². The van der Waals surface area contributed by atoms with Crippen molar-refractivity contribution in [3.05, 3.63) is 59.2 Å². The summed E-state index contributed by atoms with van der Waals surface area (Å²) in [5.74, 6) is 0.921. The molecule has 0 radical (unpaired) electrons. The molecule has 1 aliphatic rings. The number of hydrogen-bond donors (Lipinski definition) is 1. The van der Waals surface area contributed by atoms with Gasteiger partial charge in [0, 0.05) is 24.1 Å². The predicted molar refractivity (Wildman–Crippen MR) is 105 cm³/mol. The van der Waals surface area contributed by atoms with Gasteiger partial charge in [0.15, 0.2) is 6.54 Å². The van der Waals surface area contributed by atoms with E-state index in [-0.39, 0.29) is 5.91 Å². The van der Waals surface area contributed by atoms with E-state index < -0.39 is 0 Å². The van der Waals surface area contributed by atoms with E-state index in [2.05, 4.69) is 29.6 Å². The minimum atomic E-state index is 0.0965. The average Bonchev–Trinajstić information content (AvgIpc) is 3.06. The van der Waals surface area contributed by atoms with Gasteiger partial charge in [0.2, 0.25) is 0 Å². The predicted octanol–water partition coefficient (Wildman–Crippen LogP) is 4.06. The van der Waals surface area contributed by atoms with Gasteiger partial charge in [-0.15, -0.1) is 0 Å². The number of carbonyl (C=O) groups is 1. The number of rotatable bonds is 6. The summed E-state index contributed by atoms with van der Waals surface area (Å²) in [6.07, 6.45) is 2.39. The first kappa shape index (κ1) is 18.5. The number of quaternary nitrogens is 1. The Hall–Kier alpha value is -2.33. The van der Waals surface area contributed by atoms with Crippen molar-refractivity contribution in [2.45, 2.75) is 33.2 Å². The van der Waals surface area contributed by atoms with Gasteiger partial charge < -0.3 is 14.5 Å². The van der Waals surface area contributed by atoms with Crippen molar-refractivity contribution in [3.63, 3.8) is 0 Å². The Morgan fingerprint density at radius 3 is 2.27 bits per heavy atom. The van der Waals surface area contributed by atoms with Gasteiger partial charge >= 0.3 is 0 Å². The number of nitrogens with zero attached hydrogens (tertiary/aromatic N) is 1. The Kier molecular flexibility index (Phi) is 5.62. The first-order chi connectivity index (χ1) is 12.5. The SMILES string of the molecule is COc1cc(C)c(NC(=O)C[N+]2(Cc3ccccc3)CCCC2)c(C)c1. The van der Waals surface area contributed by atoms with Crippen molar-refractivity contribution < 1.29 is 14.0 Å². The van der Waals surface area contributed by atoms with Gasteiger partial charge in [-0.2, -0.15) is 0 Å². The smallest absolute Gasteiger partial charge is 0.279 e. The molecule has 2 aromatic rings. The summed E-state index contributed by atoms with van der Waals surface area (Å²) in [6.45, 7) is 7.62. The number of aryl methyl sites for hydroxylation is 2. The molecule has 0 aliphatic carbocycles. The second kappa shape index (κ2) is 7.92. The standard InChI is InChI=1S/C22H28N2O2/c1-17-13-20(26-3)14-18(2)22(17)23-21(25)16-24(11-7-8-12-24)15-19-9-5-4-6-10-19/h4-6,9-10,13-14H,7-8,11-12,15-16H2,1-3H3/p+1. The van der Waals surface area contributed by atoms with Crippen LogP contribution in [0, 0.1) is 13.8 Å². The first-order valence-corrected chi connectivity index (χ1v) is 9.35. The number of nitrogens with one attached hydrogen (secondary N) is 1. The van der Waals surface area contributed by atoms with Crippen LogP contribution in [0.1, 0.15) is 29.5 Å². The molecule has 26 heavy (non-hydrogen) atoms. The van der Waals surface area contributed by atoms with Crippen molar-refractivity contribution in [1.29, 1.82) is 0 Å². The lowest BCUT2D eigenvalue weighted by molar-refractivity contribution is -0.922. The van der Waals surface area contributed by atoms with Crippen LogP contribution in [0.15, 0.2) is 42.5 Å². The van der Waals surface area contributed by atoms with E-state index in [4.69, 9.17) is 4.74 Å². The lowest BCUT2D eigenvalue weighted by Gasteiger charge is -2.33. The molecule has 1 N–H and O–H groups in total. The summed E-state index contributed by atoms with van der Waals surface area (Å²) < 4.78 is 6.16. The number of anilines is 1. The fourth-order valence-corrected chi connectivity index (χ4v) is 4.07. The summed E-state index contributed by atoms with van der Waals surface area (Å²) >= 11 is 0. The largest absolute Gasteiger partial charge is 0.497 e. The third kappa shape index (κ3) is 4.25. The Morgan fingerprint density at radius 1 is 1.08 bits per heavy atom. The van der Waals surface area contributed by atoms with Crippen LogP contribution in [0.3, 0.4) is 0 Å². The van der Waals surface area contributed by atoms with Gasteiger partial charge in [-0.1, -0.05) is 30.3 Å². The Bertz CT molecular complexity index is 742. The quantitative estimate of drug-likeness (QED) is 0.795. The highest BCUT2D eigenvalue weighted by atomic mass is 16.5. The maximum absolute atomic E-state index is 12.9. The fourth-order valence-electron chi connectivity index (χ4n) is 4.07. The number of likely N-dealkylation sites (tertiary alicyclic amines) is 1. The summed E-state index contributed by atoms with van der Waals surface area (Å²) in [5.41, 5.74) is 4.28. The summed E-state index contributed by atoms with van der Waals surface area (Å²) in [4.78, 5) is 12.9. The topological polar surface area (TPSA) is 38.3 Å². The van der Waals surface area contributed by atoms with Crippen LogP contribution in [0.25, 0.3) is 0 Å². The van der Waals surface area contributed by atoms with Crippen LogP contribution in [0.2, 0.25) is 0 Å². The number of carbonyl (C=O) groups excluding carboxylic acids is 1. The van der Waals surface area contributed by atoms with Crippen LogP contribution in [0.4, 0.5) is 5.69 Å². The molecule has 0 bridgehead atoms. The third-order valence-electron chi connectivity index (χ3n) is 5.36. The van der Waals surface area contributed by atoms with E-state index in [9.17, 15) is 4.79 Å². The zero-order valence-corrected chi connectivity index (χ0v) is 16.0. The molecular formula is C22H29N2O2+. The number of hydrogen-bond acceptors (Lipinski definition) is 2. The van der Waals surface area contributed by atoms with Gasteiger partial charge in [0.05, 0.1) is 20.2 Å². The van der Waals surface area contributed by atoms with Crippen molar-refractivity contribution in [1.82, 2.24) is 0 Å². The van der Waals surface area contributed by atoms with Crippen LogP contribution in [0.5, 0.6) is 5.75 Å². The Morgan fingerprint density at radius 2 is 1.69 bits per heavy atom. The summed E-state index contributed by atoms with van der Waals surface area (Å²) in [6, 6.07) is 14.4. The molecule has 1 saturated heterocycles. The fraction of sp³-hybridized carbons (Fsp3) is 0.409. The van der Waals surface area contributed by atoms with Gasteiger partial charge in [-0.3, -0.25) is 4.79 Å². The summed E-state index contributed by atoms with van der Waals surface area (Å²) in [5, 5.41) is 3.16. The van der Waals surface area contributed by atoms with Crippen molar-refractivity contribution >= 4 is 11.6 Å². The second-order valence-electron chi connectivity index (χ2n) is 7.48. The third-order valence-corrected chi connectivity index (χ3v) is 5.36. The van der Waals surface area contributed by atoms with Crippen molar-refractivity contribution in [2.24, 2.45) is 0 Å². The molecule has 3 rings (SSSR count). The molecule has 4 heteroatoms. The van der Waals surface area contributed by atoms with E-state index in [1.54, 1.807) is 7.11 Å². The maximum atomic E-state index is 12.9. The molecule has 0 aromatic heterocycles. The van der Waals surface area contributed by atoms with Crippen molar-refractivity contribution in [2.75, 3.05) is 32.1 Å². The zero-order chi connectivity index (χ0) is 18.6. The lowest BCUT2D eigenvalue weighted by Crippen LogP contribution is -2.49. The lowest BCUT2D eigenvalue weighted by atomic mass is 10.1. The Labute approximate surface area is 156 Å². The monoisotopic (exact) mass is 353 g/mol.